The van der Waals surface area contributed by atoms with Crippen molar-refractivity contribution in [3.63, 3.8) is 0 Å². The van der Waals surface area contributed by atoms with E-state index in [1.165, 1.54) is 38.5 Å². The molecule has 174 valence electrons. The molecule has 0 spiro atoms. The maximum atomic E-state index is 11.2. The van der Waals surface area contributed by atoms with Crippen LogP contribution in [0, 0.1) is 50.2 Å². The van der Waals surface area contributed by atoms with E-state index in [1.807, 2.05) is 13.8 Å². The van der Waals surface area contributed by atoms with E-state index in [0.717, 1.165) is 61.7 Å². The van der Waals surface area contributed by atoms with Gasteiger partial charge >= 0.3 is 0 Å². The van der Waals surface area contributed by atoms with Crippen molar-refractivity contribution in [2.24, 2.45) is 50.8 Å². The quantitative estimate of drug-likeness (QED) is 0.304. The zero-order valence-corrected chi connectivity index (χ0v) is 20.5. The summed E-state index contributed by atoms with van der Waals surface area (Å²) in [6, 6.07) is 0.0147. The molecule has 0 saturated heterocycles. The van der Waals surface area contributed by atoms with Gasteiger partial charge in [0.05, 0.1) is 11.6 Å². The van der Waals surface area contributed by atoms with Crippen LogP contribution in [0.5, 0.6) is 0 Å². The van der Waals surface area contributed by atoms with Crippen LogP contribution in [0.15, 0.2) is 22.0 Å². The average molecular weight is 429 g/mol. The van der Waals surface area contributed by atoms with Crippen molar-refractivity contribution >= 4 is 0 Å². The molecule has 0 bridgehead atoms. The van der Waals surface area contributed by atoms with Gasteiger partial charge in [-0.1, -0.05) is 55.6 Å². The van der Waals surface area contributed by atoms with E-state index < -0.39 is 5.54 Å². The molecule has 8 unspecified atom stereocenters. The molecule has 0 aliphatic heterocycles. The second-order valence-corrected chi connectivity index (χ2v) is 12.8. The highest BCUT2D eigenvalue weighted by Crippen LogP contribution is 2.67. The van der Waals surface area contributed by atoms with Crippen molar-refractivity contribution in [1.82, 2.24) is 0 Å². The van der Waals surface area contributed by atoms with Gasteiger partial charge < -0.3 is 0 Å². The topological polar surface area (TPSA) is 58.9 Å². The zero-order valence-electron chi connectivity index (χ0n) is 20.5. The second-order valence-electron chi connectivity index (χ2n) is 12.8. The van der Waals surface area contributed by atoms with E-state index in [0.29, 0.717) is 10.8 Å². The van der Waals surface area contributed by atoms with E-state index in [-0.39, 0.29) is 6.04 Å². The molecule has 3 fully saturated rings. The number of nitroso groups, excluding NO2 is 2. The van der Waals surface area contributed by atoms with Crippen molar-refractivity contribution in [3.05, 3.63) is 21.5 Å². The maximum absolute atomic E-state index is 11.2. The number of rotatable bonds is 7. The molecule has 4 heteroatoms. The zero-order chi connectivity index (χ0) is 22.4. The molecule has 0 aromatic carbocycles. The summed E-state index contributed by atoms with van der Waals surface area (Å²) in [4.78, 5) is 22.2. The van der Waals surface area contributed by atoms with Gasteiger partial charge in [0.15, 0.2) is 0 Å². The number of allylic oxidation sites excluding steroid dienone is 1. The number of hydrogen-bond acceptors (Lipinski definition) is 4. The molecule has 0 radical (unpaired) electrons. The molecule has 0 heterocycles. The van der Waals surface area contributed by atoms with Gasteiger partial charge in [-0.25, -0.2) is 0 Å². The minimum absolute atomic E-state index is 0.0147. The molecule has 3 saturated carbocycles. The summed E-state index contributed by atoms with van der Waals surface area (Å²) in [6.45, 7) is 11.5. The van der Waals surface area contributed by atoms with E-state index in [1.54, 1.807) is 5.57 Å². The van der Waals surface area contributed by atoms with Crippen LogP contribution < -0.4 is 0 Å². The summed E-state index contributed by atoms with van der Waals surface area (Å²) in [5.41, 5.74) is 1.92. The molecule has 0 amide bonds. The molecule has 31 heavy (non-hydrogen) atoms. The number of nitrogens with zero attached hydrogens (tertiary/aromatic N) is 2. The Morgan fingerprint density at radius 3 is 2.58 bits per heavy atom. The Morgan fingerprint density at radius 2 is 1.87 bits per heavy atom. The SMILES string of the molecule is CC(CCCC(C)(C)N=O)C1CCC2C3CC=C4CC(N=O)CCC4(C)C3CCC12C. The lowest BCUT2D eigenvalue weighted by atomic mass is 9.47. The lowest BCUT2D eigenvalue weighted by Crippen LogP contribution is -2.50. The Bertz CT molecular complexity index is 731. The summed E-state index contributed by atoms with van der Waals surface area (Å²) in [5, 5.41) is 6.71. The summed E-state index contributed by atoms with van der Waals surface area (Å²) in [7, 11) is 0. The standard InChI is InChI=1S/C27H44N2O2/c1-18(7-6-14-25(2,3)29-31)22-10-11-23-21-9-8-19-17-20(28-30)12-15-26(19,4)24(21)13-16-27(22,23)5/h8,18,20-24H,6-7,9-17H2,1-5H3. The van der Waals surface area contributed by atoms with Gasteiger partial charge in [0.1, 0.15) is 0 Å². The van der Waals surface area contributed by atoms with Crippen molar-refractivity contribution in [2.45, 2.75) is 117 Å². The molecule has 0 aromatic rings. The van der Waals surface area contributed by atoms with Gasteiger partial charge in [0.25, 0.3) is 0 Å². The highest BCUT2D eigenvalue weighted by Gasteiger charge is 2.59. The van der Waals surface area contributed by atoms with Crippen LogP contribution in [0.1, 0.15) is 105 Å². The number of hydrogen-bond donors (Lipinski definition) is 0. The summed E-state index contributed by atoms with van der Waals surface area (Å²) in [5.74, 6) is 4.02. The van der Waals surface area contributed by atoms with Gasteiger partial charge in [0, 0.05) is 0 Å². The molecular weight excluding hydrogens is 384 g/mol. The van der Waals surface area contributed by atoms with E-state index in [4.69, 9.17) is 0 Å². The van der Waals surface area contributed by atoms with Crippen molar-refractivity contribution < 1.29 is 0 Å². The van der Waals surface area contributed by atoms with Crippen molar-refractivity contribution in [1.29, 1.82) is 0 Å². The molecular formula is C27H44N2O2. The average Bonchev–Trinajstić information content (AvgIpc) is 3.10. The monoisotopic (exact) mass is 428 g/mol. The van der Waals surface area contributed by atoms with Gasteiger partial charge in [-0.2, -0.15) is 9.81 Å². The van der Waals surface area contributed by atoms with Crippen LogP contribution in [0.3, 0.4) is 0 Å². The first kappa shape index (κ1) is 23.1. The molecule has 8 atom stereocenters. The minimum Gasteiger partial charge on any atom is -0.151 e. The lowest BCUT2D eigenvalue weighted by molar-refractivity contribution is -0.0508. The van der Waals surface area contributed by atoms with Crippen molar-refractivity contribution in [3.8, 4) is 0 Å². The largest absolute Gasteiger partial charge is 0.151 e. The summed E-state index contributed by atoms with van der Waals surface area (Å²) in [6.07, 6.45) is 15.5. The maximum Gasteiger partial charge on any atom is 0.0970 e. The minimum atomic E-state index is -0.417. The number of fused-ring (bicyclic) bond motifs is 5. The predicted molar refractivity (Wildman–Crippen MR) is 128 cm³/mol. The predicted octanol–water partition coefficient (Wildman–Crippen LogP) is 8.05. The van der Waals surface area contributed by atoms with E-state index >= 15 is 0 Å². The molecule has 4 aliphatic carbocycles. The Morgan fingerprint density at radius 1 is 1.10 bits per heavy atom. The third kappa shape index (κ3) is 3.95. The van der Waals surface area contributed by atoms with Gasteiger partial charge in [-0.05, 0) is 112 Å². The van der Waals surface area contributed by atoms with Crippen molar-refractivity contribution in [2.75, 3.05) is 0 Å². The lowest BCUT2D eigenvalue weighted by Gasteiger charge is -2.58. The van der Waals surface area contributed by atoms with Crippen LogP contribution in [-0.2, 0) is 0 Å². The molecule has 0 N–H and O–H groups in total. The first-order chi connectivity index (χ1) is 14.6. The summed E-state index contributed by atoms with van der Waals surface area (Å²) >= 11 is 0. The third-order valence-corrected chi connectivity index (χ3v) is 10.7. The van der Waals surface area contributed by atoms with Gasteiger partial charge in [0.2, 0.25) is 0 Å². The van der Waals surface area contributed by atoms with Gasteiger partial charge in [-0.15, -0.1) is 0 Å². The van der Waals surface area contributed by atoms with Crippen LogP contribution in [-0.4, -0.2) is 11.6 Å². The Labute approximate surface area is 189 Å². The Hall–Kier alpha value is -1.06. The highest BCUT2D eigenvalue weighted by molar-refractivity contribution is 5.26. The second kappa shape index (κ2) is 8.37. The molecule has 4 aliphatic rings. The van der Waals surface area contributed by atoms with Crippen LogP contribution in [0.25, 0.3) is 0 Å². The molecule has 0 aromatic heterocycles. The summed E-state index contributed by atoms with van der Waals surface area (Å²) < 4.78 is 0. The van der Waals surface area contributed by atoms with E-state index in [9.17, 15) is 9.81 Å². The van der Waals surface area contributed by atoms with Crippen LogP contribution >= 0.6 is 0 Å². The Kier molecular flexibility index (Phi) is 6.24. The fourth-order valence-corrected chi connectivity index (χ4v) is 8.81. The van der Waals surface area contributed by atoms with E-state index in [2.05, 4.69) is 37.2 Å². The highest BCUT2D eigenvalue weighted by atomic mass is 16.3. The van der Waals surface area contributed by atoms with Crippen LogP contribution in [0.2, 0.25) is 0 Å². The molecule has 4 nitrogen and oxygen atoms in total. The first-order valence-corrected chi connectivity index (χ1v) is 13.0. The van der Waals surface area contributed by atoms with Crippen LogP contribution in [0.4, 0.5) is 0 Å². The van der Waals surface area contributed by atoms with Gasteiger partial charge in [-0.3, -0.25) is 0 Å². The normalized spacial score (nSPS) is 43.3. The Balaban J connectivity index is 1.46. The fourth-order valence-electron chi connectivity index (χ4n) is 8.81. The first-order valence-electron chi connectivity index (χ1n) is 13.0. The fraction of sp³-hybridized carbons (Fsp3) is 0.926. The smallest absolute Gasteiger partial charge is 0.0970 e. The third-order valence-electron chi connectivity index (χ3n) is 10.7. The molecule has 4 rings (SSSR count).